The maximum atomic E-state index is 2.47. The first-order valence-corrected chi connectivity index (χ1v) is 18.9. The van der Waals surface area contributed by atoms with Gasteiger partial charge in [0.25, 0.3) is 0 Å². The van der Waals surface area contributed by atoms with Gasteiger partial charge in [-0.3, -0.25) is 0 Å². The largest absolute Gasteiger partial charge is 0.309 e. The minimum Gasteiger partial charge on any atom is -0.309 e. The van der Waals surface area contributed by atoms with Crippen molar-refractivity contribution in [3.8, 4) is 16.8 Å². The van der Waals surface area contributed by atoms with Gasteiger partial charge >= 0.3 is 0 Å². The van der Waals surface area contributed by atoms with Crippen LogP contribution in [0, 0.1) is 0 Å². The van der Waals surface area contributed by atoms with Crippen molar-refractivity contribution in [1.29, 1.82) is 0 Å². The van der Waals surface area contributed by atoms with Crippen molar-refractivity contribution in [2.45, 2.75) is 0 Å². The van der Waals surface area contributed by atoms with E-state index in [4.69, 9.17) is 0 Å². The van der Waals surface area contributed by atoms with Crippen LogP contribution in [0.25, 0.3) is 80.3 Å². The van der Waals surface area contributed by atoms with Crippen molar-refractivity contribution >= 4 is 91.9 Å². The lowest BCUT2D eigenvalue weighted by Crippen LogP contribution is -2.12. The van der Waals surface area contributed by atoms with E-state index in [1.165, 1.54) is 80.3 Å². The summed E-state index contributed by atoms with van der Waals surface area (Å²) in [6.07, 6.45) is 0. The number of rotatable bonds is 5. The monoisotopic (exact) mass is 692 g/mol. The molecule has 0 radical (unpaired) electrons. The van der Waals surface area contributed by atoms with Crippen LogP contribution in [0.2, 0.25) is 0 Å². The zero-order valence-electron chi connectivity index (χ0n) is 28.8. The Morgan fingerprint density at radius 3 is 1.70 bits per heavy atom. The lowest BCUT2D eigenvalue weighted by Gasteiger charge is -2.30. The molecule has 0 N–H and O–H groups in total. The van der Waals surface area contributed by atoms with Crippen molar-refractivity contribution < 1.29 is 0 Å². The Labute approximate surface area is 311 Å². The van der Waals surface area contributed by atoms with Gasteiger partial charge in [-0.05, 0) is 70.9 Å². The van der Waals surface area contributed by atoms with Crippen LogP contribution in [0.3, 0.4) is 0 Å². The van der Waals surface area contributed by atoms with Crippen molar-refractivity contribution in [3.63, 3.8) is 0 Å². The van der Waals surface area contributed by atoms with Gasteiger partial charge in [0.05, 0.1) is 28.1 Å². The second-order valence-electron chi connectivity index (χ2n) is 13.7. The van der Waals surface area contributed by atoms with Crippen LogP contribution in [0.4, 0.5) is 17.1 Å². The number of hydrogen-bond donors (Lipinski definition) is 0. The number of aromatic nitrogens is 1. The van der Waals surface area contributed by atoms with Crippen LogP contribution in [0.1, 0.15) is 0 Å². The van der Waals surface area contributed by atoms with Gasteiger partial charge in [0.2, 0.25) is 0 Å². The standard InChI is InChI=1S/C50H32N2S/c1-3-17-37-33(13-1)15-11-24-45(37)52(46-25-12-16-34-14-2-4-18-38(34)46)44-22-8-5-19-39(44)35-27-29-41-40-20-6-9-23-47(40)51(48(41)31-35)36-28-30-50-43(32-36)42-21-7-10-26-49(42)53-50/h1-32H. The fourth-order valence-electron chi connectivity index (χ4n) is 8.38. The highest BCUT2D eigenvalue weighted by Gasteiger charge is 2.22. The van der Waals surface area contributed by atoms with Crippen molar-refractivity contribution in [2.75, 3.05) is 4.90 Å². The first kappa shape index (κ1) is 30.0. The molecule has 0 atom stereocenters. The lowest BCUT2D eigenvalue weighted by molar-refractivity contribution is 1.19. The van der Waals surface area contributed by atoms with Gasteiger partial charge in [-0.2, -0.15) is 0 Å². The molecule has 0 aliphatic heterocycles. The molecule has 0 saturated carbocycles. The third-order valence-corrected chi connectivity index (χ3v) is 11.9. The van der Waals surface area contributed by atoms with Gasteiger partial charge in [0.15, 0.2) is 0 Å². The molecule has 0 unspecified atom stereocenters. The van der Waals surface area contributed by atoms with Crippen molar-refractivity contribution in [1.82, 2.24) is 4.57 Å². The Balaban J connectivity index is 1.17. The van der Waals surface area contributed by atoms with Gasteiger partial charge in [0, 0.05) is 53.0 Å². The molecule has 0 amide bonds. The van der Waals surface area contributed by atoms with E-state index >= 15 is 0 Å². The lowest BCUT2D eigenvalue weighted by atomic mass is 9.98. The topological polar surface area (TPSA) is 8.17 Å². The van der Waals surface area contributed by atoms with Crippen LogP contribution in [0.15, 0.2) is 194 Å². The predicted molar refractivity (Wildman–Crippen MR) is 229 cm³/mol. The molecule has 0 aliphatic carbocycles. The Morgan fingerprint density at radius 1 is 0.358 bits per heavy atom. The Morgan fingerprint density at radius 2 is 0.925 bits per heavy atom. The van der Waals surface area contributed by atoms with Crippen LogP contribution >= 0.6 is 11.3 Å². The minimum atomic E-state index is 1.13. The summed E-state index contributed by atoms with van der Waals surface area (Å²) in [6.45, 7) is 0. The van der Waals surface area contributed by atoms with Crippen molar-refractivity contribution in [3.05, 3.63) is 194 Å². The molecule has 11 rings (SSSR count). The summed E-state index contributed by atoms with van der Waals surface area (Å²) in [5, 5.41) is 9.98. The molecule has 11 aromatic rings. The normalized spacial score (nSPS) is 11.8. The number of para-hydroxylation sites is 2. The summed E-state index contributed by atoms with van der Waals surface area (Å²) in [4.78, 5) is 2.47. The van der Waals surface area contributed by atoms with E-state index in [-0.39, 0.29) is 0 Å². The quantitative estimate of drug-likeness (QED) is 0.174. The number of benzene rings is 9. The number of fused-ring (bicyclic) bond motifs is 8. The second-order valence-corrected chi connectivity index (χ2v) is 14.8. The Bertz CT molecular complexity index is 3110. The van der Waals surface area contributed by atoms with E-state index in [0.29, 0.717) is 0 Å². The molecule has 2 nitrogen and oxygen atoms in total. The van der Waals surface area contributed by atoms with E-state index in [0.717, 1.165) is 17.1 Å². The first-order chi connectivity index (χ1) is 26.3. The summed E-state index contributed by atoms with van der Waals surface area (Å²) in [7, 11) is 0. The van der Waals surface area contributed by atoms with Gasteiger partial charge in [0.1, 0.15) is 0 Å². The molecule has 53 heavy (non-hydrogen) atoms. The second kappa shape index (κ2) is 11.9. The maximum Gasteiger partial charge on any atom is 0.0547 e. The summed E-state index contributed by atoms with van der Waals surface area (Å²) in [5.74, 6) is 0. The molecule has 248 valence electrons. The minimum absolute atomic E-state index is 1.13. The number of thiophene rings is 1. The van der Waals surface area contributed by atoms with E-state index in [9.17, 15) is 0 Å². The van der Waals surface area contributed by atoms with E-state index < -0.39 is 0 Å². The van der Waals surface area contributed by atoms with E-state index in [2.05, 4.69) is 204 Å². The Hall–Kier alpha value is -6.68. The van der Waals surface area contributed by atoms with Gasteiger partial charge in [-0.25, -0.2) is 0 Å². The van der Waals surface area contributed by atoms with E-state index in [1.807, 2.05) is 11.3 Å². The number of anilines is 3. The molecule has 0 aliphatic rings. The highest BCUT2D eigenvalue weighted by atomic mass is 32.1. The number of hydrogen-bond acceptors (Lipinski definition) is 2. The average Bonchev–Trinajstić information content (AvgIpc) is 3.76. The van der Waals surface area contributed by atoms with E-state index in [1.54, 1.807) is 0 Å². The highest BCUT2D eigenvalue weighted by molar-refractivity contribution is 7.25. The van der Waals surface area contributed by atoms with Crippen LogP contribution < -0.4 is 4.90 Å². The molecule has 0 fully saturated rings. The fraction of sp³-hybridized carbons (Fsp3) is 0. The number of nitrogens with zero attached hydrogens (tertiary/aromatic N) is 2. The maximum absolute atomic E-state index is 2.47. The molecular formula is C50H32N2S. The van der Waals surface area contributed by atoms with Gasteiger partial charge < -0.3 is 9.47 Å². The smallest absolute Gasteiger partial charge is 0.0547 e. The average molecular weight is 693 g/mol. The Kier molecular flexibility index (Phi) is 6.76. The zero-order chi connectivity index (χ0) is 34.9. The molecule has 0 spiro atoms. The van der Waals surface area contributed by atoms with Crippen LogP contribution in [-0.4, -0.2) is 4.57 Å². The molecule has 3 heteroatoms. The molecular weight excluding hydrogens is 661 g/mol. The molecule has 0 saturated heterocycles. The third kappa shape index (κ3) is 4.71. The molecule has 0 bridgehead atoms. The summed E-state index contributed by atoms with van der Waals surface area (Å²) >= 11 is 1.86. The van der Waals surface area contributed by atoms with Crippen LogP contribution in [0.5, 0.6) is 0 Å². The van der Waals surface area contributed by atoms with Gasteiger partial charge in [-0.1, -0.05) is 140 Å². The van der Waals surface area contributed by atoms with Gasteiger partial charge in [-0.15, -0.1) is 11.3 Å². The summed E-state index contributed by atoms with van der Waals surface area (Å²) < 4.78 is 5.09. The highest BCUT2D eigenvalue weighted by Crippen LogP contribution is 2.46. The fourth-order valence-corrected chi connectivity index (χ4v) is 9.46. The first-order valence-electron chi connectivity index (χ1n) is 18.1. The van der Waals surface area contributed by atoms with Crippen LogP contribution in [-0.2, 0) is 0 Å². The zero-order valence-corrected chi connectivity index (χ0v) is 29.6. The predicted octanol–water partition coefficient (Wildman–Crippen LogP) is 14.6. The summed E-state index contributed by atoms with van der Waals surface area (Å²) in [6, 6.07) is 71.1. The molecule has 2 aromatic heterocycles. The SMILES string of the molecule is c1ccc(N(c2cccc3ccccc23)c2cccc3ccccc23)c(-c2ccc3c4ccccc4n(-c4ccc5sc6ccccc6c5c4)c3c2)c1. The molecule has 2 heterocycles. The third-order valence-electron chi connectivity index (χ3n) is 10.8. The summed E-state index contributed by atoms with van der Waals surface area (Å²) in [5.41, 5.74) is 9.35. The molecule has 9 aromatic carbocycles. The van der Waals surface area contributed by atoms with Crippen molar-refractivity contribution in [2.24, 2.45) is 0 Å².